The third-order valence-corrected chi connectivity index (χ3v) is 7.18. The molecule has 34 heavy (non-hydrogen) atoms. The molecule has 7 nitrogen and oxygen atoms in total. The molecule has 0 spiro atoms. The van der Waals surface area contributed by atoms with Crippen molar-refractivity contribution < 1.29 is 24.2 Å². The zero-order valence-corrected chi connectivity index (χ0v) is 19.7. The first-order valence-corrected chi connectivity index (χ1v) is 12.0. The van der Waals surface area contributed by atoms with Crippen molar-refractivity contribution in [3.63, 3.8) is 0 Å². The average Bonchev–Trinajstić information content (AvgIpc) is 3.16. The minimum atomic E-state index is -0.998. The number of likely N-dealkylation sites (N-methyl/N-ethyl adjacent to an activating group) is 1. The second-order valence-electron chi connectivity index (χ2n) is 9.24. The Morgan fingerprint density at radius 2 is 1.68 bits per heavy atom. The molecule has 2 aliphatic rings. The van der Waals surface area contributed by atoms with Crippen LogP contribution in [-0.2, 0) is 14.3 Å². The first kappa shape index (κ1) is 23.8. The number of hydrogen-bond donors (Lipinski definition) is 2. The van der Waals surface area contributed by atoms with Crippen LogP contribution < -0.4 is 5.32 Å². The van der Waals surface area contributed by atoms with Gasteiger partial charge in [0.15, 0.2) is 0 Å². The van der Waals surface area contributed by atoms with Gasteiger partial charge < -0.3 is 20.1 Å². The van der Waals surface area contributed by atoms with Gasteiger partial charge in [0.05, 0.1) is 0 Å². The lowest BCUT2D eigenvalue weighted by atomic mass is 9.84. The van der Waals surface area contributed by atoms with E-state index in [0.29, 0.717) is 19.3 Å². The van der Waals surface area contributed by atoms with Crippen LogP contribution in [0.25, 0.3) is 11.1 Å². The Morgan fingerprint density at radius 3 is 2.26 bits per heavy atom. The van der Waals surface area contributed by atoms with E-state index in [9.17, 15) is 19.5 Å². The van der Waals surface area contributed by atoms with Crippen molar-refractivity contribution in [2.45, 2.75) is 57.0 Å². The van der Waals surface area contributed by atoms with E-state index in [4.69, 9.17) is 4.74 Å². The number of hydrogen-bond acceptors (Lipinski definition) is 4. The summed E-state index contributed by atoms with van der Waals surface area (Å²) in [6, 6.07) is 15.4. The second-order valence-corrected chi connectivity index (χ2v) is 9.24. The van der Waals surface area contributed by atoms with Gasteiger partial charge in [0.1, 0.15) is 12.6 Å². The van der Waals surface area contributed by atoms with Crippen molar-refractivity contribution in [2.75, 3.05) is 13.7 Å². The molecule has 3 atom stereocenters. The third kappa shape index (κ3) is 4.79. The fourth-order valence-corrected chi connectivity index (χ4v) is 5.41. The van der Waals surface area contributed by atoms with E-state index in [1.165, 1.54) is 16.0 Å². The molecule has 1 saturated carbocycles. The molecule has 2 aliphatic carbocycles. The maximum absolute atomic E-state index is 12.9. The van der Waals surface area contributed by atoms with E-state index in [-0.39, 0.29) is 30.4 Å². The number of aliphatic carboxylic acids is 1. The van der Waals surface area contributed by atoms with E-state index in [0.717, 1.165) is 24.0 Å². The SMILES string of the molecule is CCC(C(=O)O)N(C)C(=O)[C@H]1CCC[C@@H](NC(=O)OCC2c3ccccc3-c3ccccc32)C1. The van der Waals surface area contributed by atoms with E-state index in [1.807, 2.05) is 24.3 Å². The second kappa shape index (κ2) is 10.3. The van der Waals surface area contributed by atoms with Gasteiger partial charge in [0.2, 0.25) is 5.91 Å². The molecule has 2 aromatic carbocycles. The number of rotatable bonds is 7. The number of ether oxygens (including phenoxy) is 1. The molecule has 0 bridgehead atoms. The summed E-state index contributed by atoms with van der Waals surface area (Å²) in [4.78, 5) is 38.3. The summed E-state index contributed by atoms with van der Waals surface area (Å²) in [5.74, 6) is -1.48. The minimum Gasteiger partial charge on any atom is -0.480 e. The minimum absolute atomic E-state index is 0.00511. The summed E-state index contributed by atoms with van der Waals surface area (Å²) in [5.41, 5.74) is 4.67. The van der Waals surface area contributed by atoms with Gasteiger partial charge in [0, 0.05) is 24.9 Å². The maximum Gasteiger partial charge on any atom is 0.407 e. The molecular formula is C27H32N2O5. The van der Waals surface area contributed by atoms with Crippen LogP contribution >= 0.6 is 0 Å². The zero-order chi connectivity index (χ0) is 24.2. The van der Waals surface area contributed by atoms with Crippen LogP contribution in [-0.4, -0.2) is 53.7 Å². The molecule has 0 aliphatic heterocycles. The summed E-state index contributed by atoms with van der Waals surface area (Å²) in [7, 11) is 1.55. The number of carbonyl (C=O) groups is 3. The number of nitrogens with zero attached hydrogens (tertiary/aromatic N) is 1. The standard InChI is InChI=1S/C27H32N2O5/c1-3-24(26(31)32)29(2)25(30)17-9-8-10-18(15-17)28-27(33)34-16-23-21-13-6-4-11-19(21)20-12-5-7-14-22(20)23/h4-7,11-14,17-18,23-24H,3,8-10,15-16H2,1-2H3,(H,28,33)(H,31,32)/t17-,18+,24?/m0/s1. The van der Waals surface area contributed by atoms with Crippen molar-refractivity contribution in [2.24, 2.45) is 5.92 Å². The number of carboxylic acids is 1. The van der Waals surface area contributed by atoms with Gasteiger partial charge in [-0.15, -0.1) is 0 Å². The Kier molecular flexibility index (Phi) is 7.20. The van der Waals surface area contributed by atoms with Crippen molar-refractivity contribution in [3.05, 3.63) is 59.7 Å². The van der Waals surface area contributed by atoms with Crippen LogP contribution in [0, 0.1) is 5.92 Å². The Bertz CT molecular complexity index is 1020. The van der Waals surface area contributed by atoms with Crippen LogP contribution in [0.1, 0.15) is 56.1 Å². The molecule has 2 amide bonds. The van der Waals surface area contributed by atoms with E-state index >= 15 is 0 Å². The van der Waals surface area contributed by atoms with Gasteiger partial charge in [-0.05, 0) is 47.9 Å². The van der Waals surface area contributed by atoms with Gasteiger partial charge >= 0.3 is 12.1 Å². The van der Waals surface area contributed by atoms with Crippen LogP contribution in [0.15, 0.2) is 48.5 Å². The summed E-state index contributed by atoms with van der Waals surface area (Å²) < 4.78 is 5.65. The number of nitrogens with one attached hydrogen (secondary N) is 1. The van der Waals surface area contributed by atoms with Crippen molar-refractivity contribution in [3.8, 4) is 11.1 Å². The number of fused-ring (bicyclic) bond motifs is 3. The van der Waals surface area contributed by atoms with Crippen molar-refractivity contribution in [1.82, 2.24) is 10.2 Å². The summed E-state index contributed by atoms with van der Waals surface area (Å²) >= 11 is 0. The van der Waals surface area contributed by atoms with Gasteiger partial charge in [-0.1, -0.05) is 61.9 Å². The highest BCUT2D eigenvalue weighted by Gasteiger charge is 2.34. The number of alkyl carbamates (subject to hydrolysis) is 1. The van der Waals surface area contributed by atoms with Crippen LogP contribution in [0.5, 0.6) is 0 Å². The summed E-state index contributed by atoms with van der Waals surface area (Å²) in [6.07, 6.45) is 2.62. The topological polar surface area (TPSA) is 95.9 Å². The molecule has 1 unspecified atom stereocenters. The molecule has 0 heterocycles. The normalized spacial score (nSPS) is 20.1. The Labute approximate surface area is 200 Å². The molecule has 2 N–H and O–H groups in total. The van der Waals surface area contributed by atoms with Crippen LogP contribution in [0.2, 0.25) is 0 Å². The highest BCUT2D eigenvalue weighted by molar-refractivity contribution is 5.85. The molecule has 7 heteroatoms. The van der Waals surface area contributed by atoms with Gasteiger partial charge in [-0.2, -0.15) is 0 Å². The first-order chi connectivity index (χ1) is 16.4. The molecule has 1 fully saturated rings. The molecular weight excluding hydrogens is 432 g/mol. The largest absolute Gasteiger partial charge is 0.480 e. The average molecular weight is 465 g/mol. The Hall–Kier alpha value is -3.35. The fraction of sp³-hybridized carbons (Fsp3) is 0.444. The quantitative estimate of drug-likeness (QED) is 0.633. The molecule has 0 aromatic heterocycles. The van der Waals surface area contributed by atoms with Crippen molar-refractivity contribution in [1.29, 1.82) is 0 Å². The zero-order valence-electron chi connectivity index (χ0n) is 19.7. The summed E-state index contributed by atoms with van der Waals surface area (Å²) in [6.45, 7) is 2.00. The number of benzene rings is 2. The van der Waals surface area contributed by atoms with E-state index < -0.39 is 18.1 Å². The molecule has 4 rings (SSSR count). The summed E-state index contributed by atoms with van der Waals surface area (Å²) in [5, 5.41) is 12.3. The molecule has 180 valence electrons. The predicted molar refractivity (Wildman–Crippen MR) is 128 cm³/mol. The van der Waals surface area contributed by atoms with E-state index in [1.54, 1.807) is 14.0 Å². The predicted octanol–water partition coefficient (Wildman–Crippen LogP) is 4.41. The lowest BCUT2D eigenvalue weighted by molar-refractivity contribution is -0.151. The smallest absolute Gasteiger partial charge is 0.407 e. The van der Waals surface area contributed by atoms with Crippen LogP contribution in [0.3, 0.4) is 0 Å². The van der Waals surface area contributed by atoms with Crippen molar-refractivity contribution >= 4 is 18.0 Å². The van der Waals surface area contributed by atoms with Gasteiger partial charge in [0.25, 0.3) is 0 Å². The Balaban J connectivity index is 1.34. The molecule has 0 saturated heterocycles. The third-order valence-electron chi connectivity index (χ3n) is 7.18. The molecule has 0 radical (unpaired) electrons. The number of carbonyl (C=O) groups excluding carboxylic acids is 2. The highest BCUT2D eigenvalue weighted by Crippen LogP contribution is 2.44. The van der Waals surface area contributed by atoms with Crippen LogP contribution in [0.4, 0.5) is 4.79 Å². The lowest BCUT2D eigenvalue weighted by Crippen LogP contribution is -2.47. The fourth-order valence-electron chi connectivity index (χ4n) is 5.41. The number of amides is 2. The first-order valence-electron chi connectivity index (χ1n) is 12.0. The van der Waals surface area contributed by atoms with Gasteiger partial charge in [-0.3, -0.25) is 4.79 Å². The Morgan fingerprint density at radius 1 is 1.06 bits per heavy atom. The lowest BCUT2D eigenvalue weighted by Gasteiger charge is -2.33. The van der Waals surface area contributed by atoms with Gasteiger partial charge in [-0.25, -0.2) is 9.59 Å². The highest BCUT2D eigenvalue weighted by atomic mass is 16.5. The number of carboxylic acid groups (broad SMARTS) is 1. The van der Waals surface area contributed by atoms with E-state index in [2.05, 4.69) is 29.6 Å². The molecule has 2 aromatic rings. The monoisotopic (exact) mass is 464 g/mol. The maximum atomic E-state index is 12.9.